The van der Waals surface area contributed by atoms with Gasteiger partial charge in [-0.05, 0) is 34.4 Å². The van der Waals surface area contributed by atoms with Gasteiger partial charge < -0.3 is 0 Å². The molecule has 0 spiro atoms. The van der Waals surface area contributed by atoms with Crippen LogP contribution in [0.2, 0.25) is 0 Å². The van der Waals surface area contributed by atoms with E-state index in [1.807, 2.05) is 0 Å². The molecule has 1 aliphatic carbocycles. The Morgan fingerprint density at radius 3 is 2.77 bits per heavy atom. The molecule has 0 N–H and O–H groups in total. The molecule has 1 heteroatoms. The van der Waals surface area contributed by atoms with Gasteiger partial charge in [0.2, 0.25) is 0 Å². The van der Waals surface area contributed by atoms with E-state index in [9.17, 15) is 0 Å². The number of benzene rings is 1. The summed E-state index contributed by atoms with van der Waals surface area (Å²) in [6.45, 7) is 4.54. The lowest BCUT2D eigenvalue weighted by atomic mass is 9.85. The first-order valence-corrected chi connectivity index (χ1v) is 5.35. The smallest absolute Gasteiger partial charge is 0.0181 e. The van der Waals surface area contributed by atoms with Crippen LogP contribution in [-0.2, 0) is 0 Å². The van der Waals surface area contributed by atoms with Gasteiger partial charge in [0.15, 0.2) is 0 Å². The summed E-state index contributed by atoms with van der Waals surface area (Å²) in [6.07, 6.45) is 5.82. The van der Waals surface area contributed by atoms with Crippen LogP contribution in [0.3, 0.4) is 0 Å². The van der Waals surface area contributed by atoms with E-state index in [0.717, 1.165) is 10.9 Å². The second-order valence-electron chi connectivity index (χ2n) is 4.31. The summed E-state index contributed by atoms with van der Waals surface area (Å²) in [5.74, 6) is 0. The van der Waals surface area contributed by atoms with E-state index in [2.05, 4.69) is 60.1 Å². The fourth-order valence-electron chi connectivity index (χ4n) is 1.71. The Morgan fingerprint density at radius 1 is 1.23 bits per heavy atom. The highest BCUT2D eigenvalue weighted by Gasteiger charge is 2.14. The zero-order valence-corrected chi connectivity index (χ0v) is 9.56. The molecule has 0 nitrogen and oxygen atoms in total. The highest BCUT2D eigenvalue weighted by Crippen LogP contribution is 2.23. The third kappa shape index (κ3) is 1.86. The maximum absolute atomic E-state index is 3.49. The maximum atomic E-state index is 3.49. The van der Waals surface area contributed by atoms with Crippen molar-refractivity contribution in [3.05, 3.63) is 33.1 Å². The average molecular weight is 237 g/mol. The molecule has 0 aliphatic heterocycles. The van der Waals surface area contributed by atoms with Gasteiger partial charge in [0.1, 0.15) is 0 Å². The van der Waals surface area contributed by atoms with Gasteiger partial charge >= 0.3 is 0 Å². The van der Waals surface area contributed by atoms with Gasteiger partial charge in [-0.2, -0.15) is 0 Å². The number of fused-ring (bicyclic) bond motifs is 1. The van der Waals surface area contributed by atoms with E-state index in [1.165, 1.54) is 10.4 Å². The van der Waals surface area contributed by atoms with E-state index in [-0.39, 0.29) is 0 Å². The molecule has 0 amide bonds. The van der Waals surface area contributed by atoms with Gasteiger partial charge in [0.25, 0.3) is 0 Å². The van der Waals surface area contributed by atoms with Gasteiger partial charge in [0, 0.05) is 4.47 Å². The summed E-state index contributed by atoms with van der Waals surface area (Å²) in [4.78, 5) is 0. The predicted molar refractivity (Wildman–Crippen MR) is 60.7 cm³/mol. The molecule has 1 aromatic carbocycles. The van der Waals surface area contributed by atoms with Crippen LogP contribution >= 0.6 is 15.9 Å². The molecule has 68 valence electrons. The zero-order valence-electron chi connectivity index (χ0n) is 7.97. The van der Waals surface area contributed by atoms with E-state index in [1.54, 1.807) is 0 Å². The monoisotopic (exact) mass is 236 g/mol. The minimum Gasteiger partial charge on any atom is -0.0758 e. The third-order valence-electron chi connectivity index (χ3n) is 2.44. The lowest BCUT2D eigenvalue weighted by Gasteiger charge is -2.20. The first kappa shape index (κ1) is 9.01. The lowest BCUT2D eigenvalue weighted by Crippen LogP contribution is -2.31. The van der Waals surface area contributed by atoms with Crippen LogP contribution in [0.4, 0.5) is 0 Å². The summed E-state index contributed by atoms with van der Waals surface area (Å²) in [7, 11) is 0. The Bertz CT molecular complexity index is 441. The normalized spacial score (nSPS) is 18.4. The van der Waals surface area contributed by atoms with Crippen LogP contribution in [0.25, 0.3) is 12.2 Å². The summed E-state index contributed by atoms with van der Waals surface area (Å²) in [5, 5.41) is 2.72. The summed E-state index contributed by atoms with van der Waals surface area (Å²) < 4.78 is 1.16. The Hall–Kier alpha value is -0.560. The van der Waals surface area contributed by atoms with Crippen molar-refractivity contribution in [2.24, 2.45) is 5.41 Å². The van der Waals surface area contributed by atoms with Gasteiger partial charge in [-0.1, -0.05) is 48.0 Å². The Morgan fingerprint density at radius 2 is 2.00 bits per heavy atom. The van der Waals surface area contributed by atoms with E-state index in [0.29, 0.717) is 5.41 Å². The van der Waals surface area contributed by atoms with Crippen molar-refractivity contribution < 1.29 is 0 Å². The van der Waals surface area contributed by atoms with E-state index in [4.69, 9.17) is 0 Å². The summed E-state index contributed by atoms with van der Waals surface area (Å²) in [6, 6.07) is 6.46. The van der Waals surface area contributed by atoms with Gasteiger partial charge in [-0.25, -0.2) is 0 Å². The molecule has 0 saturated heterocycles. The van der Waals surface area contributed by atoms with Crippen LogP contribution in [0, 0.1) is 5.41 Å². The predicted octanol–water partition coefficient (Wildman–Crippen LogP) is 2.44. The molecule has 1 aromatic rings. The maximum Gasteiger partial charge on any atom is 0.0181 e. The summed E-state index contributed by atoms with van der Waals surface area (Å²) in [5.41, 5.74) is 0.313. The largest absolute Gasteiger partial charge is 0.0758 e. The van der Waals surface area contributed by atoms with Crippen LogP contribution in [-0.4, -0.2) is 0 Å². The lowest BCUT2D eigenvalue weighted by molar-refractivity contribution is 0.534. The molecule has 0 unspecified atom stereocenters. The first-order chi connectivity index (χ1) is 6.07. The fraction of sp³-hybridized carbons (Fsp3) is 0.333. The second kappa shape index (κ2) is 2.98. The van der Waals surface area contributed by atoms with Crippen molar-refractivity contribution in [3.8, 4) is 0 Å². The van der Waals surface area contributed by atoms with Crippen molar-refractivity contribution >= 4 is 28.1 Å². The quantitative estimate of drug-likeness (QED) is 0.650. The Labute approximate surface area is 87.1 Å². The molecule has 2 rings (SSSR count). The molecular formula is C12H13Br. The van der Waals surface area contributed by atoms with Gasteiger partial charge in [-0.3, -0.25) is 0 Å². The highest BCUT2D eigenvalue weighted by atomic mass is 79.9. The molecule has 0 radical (unpaired) electrons. The van der Waals surface area contributed by atoms with Crippen molar-refractivity contribution in [3.63, 3.8) is 0 Å². The number of rotatable bonds is 0. The second-order valence-corrected chi connectivity index (χ2v) is 5.23. The molecule has 0 fully saturated rings. The van der Waals surface area contributed by atoms with Crippen LogP contribution < -0.4 is 10.4 Å². The third-order valence-corrected chi connectivity index (χ3v) is 2.94. The molecule has 13 heavy (non-hydrogen) atoms. The minimum atomic E-state index is 0.313. The van der Waals surface area contributed by atoms with Gasteiger partial charge in [-0.15, -0.1) is 0 Å². The van der Waals surface area contributed by atoms with Gasteiger partial charge in [0.05, 0.1) is 0 Å². The molecule has 0 saturated carbocycles. The van der Waals surface area contributed by atoms with Crippen molar-refractivity contribution in [1.82, 2.24) is 0 Å². The first-order valence-electron chi connectivity index (χ1n) is 4.55. The average Bonchev–Trinajstić information content (AvgIpc) is 2.01. The Kier molecular flexibility index (Phi) is 2.07. The van der Waals surface area contributed by atoms with Crippen molar-refractivity contribution in [2.45, 2.75) is 20.3 Å². The van der Waals surface area contributed by atoms with Crippen LogP contribution in [0.15, 0.2) is 22.7 Å². The van der Waals surface area contributed by atoms with E-state index < -0.39 is 0 Å². The number of halogens is 1. The fourth-order valence-corrected chi connectivity index (χ4v) is 2.09. The van der Waals surface area contributed by atoms with Crippen LogP contribution in [0.5, 0.6) is 0 Å². The SMILES string of the molecule is CC1(C)C=c2cc(Br)ccc2=CC1. The molecule has 0 bridgehead atoms. The Balaban J connectivity index is 2.72. The minimum absolute atomic E-state index is 0.313. The highest BCUT2D eigenvalue weighted by molar-refractivity contribution is 9.10. The standard InChI is InChI=1S/C12H13Br/c1-12(2)6-5-9-3-4-11(13)7-10(9)8-12/h3-5,7-8H,6H2,1-2H3. The zero-order chi connectivity index (χ0) is 9.47. The molecule has 1 aliphatic rings. The molecule has 0 heterocycles. The number of hydrogen-bond donors (Lipinski definition) is 0. The van der Waals surface area contributed by atoms with Crippen molar-refractivity contribution in [1.29, 1.82) is 0 Å². The van der Waals surface area contributed by atoms with Crippen molar-refractivity contribution in [2.75, 3.05) is 0 Å². The topological polar surface area (TPSA) is 0 Å². The van der Waals surface area contributed by atoms with E-state index >= 15 is 0 Å². The molecule has 0 atom stereocenters. The number of hydrogen-bond acceptors (Lipinski definition) is 0. The molecular weight excluding hydrogens is 224 g/mol. The molecule has 0 aromatic heterocycles. The van der Waals surface area contributed by atoms with Crippen LogP contribution in [0.1, 0.15) is 20.3 Å². The summed E-state index contributed by atoms with van der Waals surface area (Å²) >= 11 is 3.49.